The predicted molar refractivity (Wildman–Crippen MR) is 76.8 cm³/mol. The van der Waals surface area contributed by atoms with Crippen LogP contribution in [0.2, 0.25) is 0 Å². The molecule has 2 heterocycles. The summed E-state index contributed by atoms with van der Waals surface area (Å²) >= 11 is 0. The fraction of sp³-hybridized carbons (Fsp3) is 1.00. The molecule has 106 valence electrons. The molecule has 3 unspecified atom stereocenters. The lowest BCUT2D eigenvalue weighted by Crippen LogP contribution is -2.68. The average Bonchev–Trinajstić information content (AvgIpc) is 2.35. The highest BCUT2D eigenvalue weighted by molar-refractivity contribution is 5.00. The first-order chi connectivity index (χ1) is 8.48. The van der Waals surface area contributed by atoms with Crippen molar-refractivity contribution < 1.29 is 0 Å². The summed E-state index contributed by atoms with van der Waals surface area (Å²) in [6.07, 6.45) is 2.54. The fourth-order valence-electron chi connectivity index (χ4n) is 3.68. The van der Waals surface area contributed by atoms with Gasteiger partial charge in [0.2, 0.25) is 0 Å². The van der Waals surface area contributed by atoms with E-state index in [9.17, 15) is 0 Å². The monoisotopic (exact) mass is 254 g/mol. The molecule has 0 spiro atoms. The summed E-state index contributed by atoms with van der Waals surface area (Å²) in [5, 5.41) is 0. The zero-order chi connectivity index (χ0) is 13.3. The van der Waals surface area contributed by atoms with E-state index in [0.717, 1.165) is 26.2 Å². The van der Waals surface area contributed by atoms with Crippen molar-refractivity contribution in [3.05, 3.63) is 0 Å². The zero-order valence-corrected chi connectivity index (χ0v) is 12.5. The molecule has 2 rings (SSSR count). The Labute approximate surface area is 112 Å². The van der Waals surface area contributed by atoms with Gasteiger partial charge in [-0.25, -0.2) is 0 Å². The molecule has 0 bridgehead atoms. The molecule has 2 saturated heterocycles. The van der Waals surface area contributed by atoms with Crippen LogP contribution in [0.4, 0.5) is 0 Å². The van der Waals surface area contributed by atoms with E-state index in [1.54, 1.807) is 0 Å². The maximum absolute atomic E-state index is 6.17. The van der Waals surface area contributed by atoms with Gasteiger partial charge in [0.05, 0.1) is 0 Å². The average molecular weight is 254 g/mol. The third-order valence-corrected chi connectivity index (χ3v) is 5.16. The van der Waals surface area contributed by atoms with Crippen LogP contribution in [0.3, 0.4) is 0 Å². The Hall–Kier alpha value is -0.160. The SMILES string of the molecule is CC1CN(C2(CN)CCCN(C)C2)CC(C)N1C. The summed E-state index contributed by atoms with van der Waals surface area (Å²) < 4.78 is 0. The third kappa shape index (κ3) is 2.57. The minimum atomic E-state index is 0.219. The van der Waals surface area contributed by atoms with Crippen molar-refractivity contribution in [3.63, 3.8) is 0 Å². The lowest BCUT2D eigenvalue weighted by molar-refractivity contribution is -0.0389. The Morgan fingerprint density at radius 1 is 1.17 bits per heavy atom. The predicted octanol–water partition coefficient (Wildman–Crippen LogP) is 0.434. The van der Waals surface area contributed by atoms with E-state index in [2.05, 4.69) is 42.6 Å². The van der Waals surface area contributed by atoms with E-state index in [1.807, 2.05) is 0 Å². The van der Waals surface area contributed by atoms with Crippen molar-refractivity contribution in [3.8, 4) is 0 Å². The molecule has 2 aliphatic heterocycles. The Kier molecular flexibility index (Phi) is 4.32. The van der Waals surface area contributed by atoms with Gasteiger partial charge < -0.3 is 10.6 Å². The molecule has 0 aromatic carbocycles. The van der Waals surface area contributed by atoms with E-state index in [0.29, 0.717) is 12.1 Å². The Morgan fingerprint density at radius 3 is 2.28 bits per heavy atom. The first-order valence-corrected chi connectivity index (χ1v) is 7.34. The second-order valence-electron chi connectivity index (χ2n) is 6.54. The smallest absolute Gasteiger partial charge is 0.0460 e. The van der Waals surface area contributed by atoms with Gasteiger partial charge >= 0.3 is 0 Å². The van der Waals surface area contributed by atoms with Gasteiger partial charge in [0.15, 0.2) is 0 Å². The lowest BCUT2D eigenvalue weighted by atomic mass is 9.85. The normalized spacial score (nSPS) is 41.2. The highest BCUT2D eigenvalue weighted by Crippen LogP contribution is 2.29. The second-order valence-corrected chi connectivity index (χ2v) is 6.54. The number of likely N-dealkylation sites (N-methyl/N-ethyl adjacent to an activating group) is 2. The van der Waals surface area contributed by atoms with Crippen molar-refractivity contribution in [1.29, 1.82) is 0 Å². The van der Waals surface area contributed by atoms with Gasteiger partial charge in [-0.3, -0.25) is 9.80 Å². The van der Waals surface area contributed by atoms with Gasteiger partial charge in [-0.1, -0.05) is 0 Å². The summed E-state index contributed by atoms with van der Waals surface area (Å²) in [4.78, 5) is 7.62. The molecule has 0 amide bonds. The number of hydrogen-bond acceptors (Lipinski definition) is 4. The summed E-state index contributed by atoms with van der Waals surface area (Å²) in [5.74, 6) is 0. The van der Waals surface area contributed by atoms with E-state index < -0.39 is 0 Å². The van der Waals surface area contributed by atoms with E-state index >= 15 is 0 Å². The third-order valence-electron chi connectivity index (χ3n) is 5.16. The number of nitrogens with zero attached hydrogens (tertiary/aromatic N) is 3. The molecule has 0 radical (unpaired) electrons. The molecule has 2 fully saturated rings. The quantitative estimate of drug-likeness (QED) is 0.775. The first-order valence-electron chi connectivity index (χ1n) is 7.34. The topological polar surface area (TPSA) is 35.7 Å². The van der Waals surface area contributed by atoms with Crippen molar-refractivity contribution in [1.82, 2.24) is 14.7 Å². The van der Waals surface area contributed by atoms with E-state index in [-0.39, 0.29) is 5.54 Å². The van der Waals surface area contributed by atoms with Crippen molar-refractivity contribution >= 4 is 0 Å². The zero-order valence-electron chi connectivity index (χ0n) is 12.5. The molecule has 4 nitrogen and oxygen atoms in total. The minimum Gasteiger partial charge on any atom is -0.329 e. The van der Waals surface area contributed by atoms with Crippen LogP contribution in [0.5, 0.6) is 0 Å². The number of piperidine rings is 1. The van der Waals surface area contributed by atoms with Gasteiger partial charge in [-0.15, -0.1) is 0 Å². The number of likely N-dealkylation sites (tertiary alicyclic amines) is 1. The largest absolute Gasteiger partial charge is 0.329 e. The number of nitrogens with two attached hydrogens (primary N) is 1. The van der Waals surface area contributed by atoms with Gasteiger partial charge in [0.1, 0.15) is 0 Å². The van der Waals surface area contributed by atoms with Gasteiger partial charge in [-0.05, 0) is 47.3 Å². The molecule has 18 heavy (non-hydrogen) atoms. The molecular formula is C14H30N4. The standard InChI is InChI=1S/C14H30N4/c1-12-8-18(9-13(2)17(12)4)14(10-15)6-5-7-16(3)11-14/h12-13H,5-11,15H2,1-4H3. The van der Waals surface area contributed by atoms with E-state index in [4.69, 9.17) is 5.73 Å². The number of rotatable bonds is 2. The minimum absolute atomic E-state index is 0.219. The van der Waals surface area contributed by atoms with Gasteiger partial charge in [-0.2, -0.15) is 0 Å². The van der Waals surface area contributed by atoms with Crippen LogP contribution in [0.25, 0.3) is 0 Å². The summed E-state index contributed by atoms with van der Waals surface area (Å²) in [6.45, 7) is 10.1. The molecular weight excluding hydrogens is 224 g/mol. The van der Waals surface area contributed by atoms with Crippen molar-refractivity contribution in [2.45, 2.75) is 44.3 Å². The van der Waals surface area contributed by atoms with Gasteiger partial charge in [0, 0.05) is 43.8 Å². The molecule has 0 aliphatic carbocycles. The van der Waals surface area contributed by atoms with Crippen LogP contribution in [0, 0.1) is 0 Å². The fourth-order valence-corrected chi connectivity index (χ4v) is 3.68. The van der Waals surface area contributed by atoms with Crippen LogP contribution in [0.1, 0.15) is 26.7 Å². The Morgan fingerprint density at radius 2 is 1.78 bits per heavy atom. The first kappa shape index (κ1) is 14.3. The summed E-state index contributed by atoms with van der Waals surface area (Å²) in [7, 11) is 4.47. The van der Waals surface area contributed by atoms with Crippen molar-refractivity contribution in [2.75, 3.05) is 46.8 Å². The number of hydrogen-bond donors (Lipinski definition) is 1. The lowest BCUT2D eigenvalue weighted by Gasteiger charge is -2.54. The molecule has 0 aromatic heterocycles. The highest BCUT2D eigenvalue weighted by Gasteiger charge is 2.42. The van der Waals surface area contributed by atoms with Crippen molar-refractivity contribution in [2.24, 2.45) is 5.73 Å². The Balaban J connectivity index is 2.12. The van der Waals surface area contributed by atoms with E-state index in [1.165, 1.54) is 19.4 Å². The molecule has 2 N–H and O–H groups in total. The van der Waals surface area contributed by atoms with Crippen LogP contribution < -0.4 is 5.73 Å². The maximum atomic E-state index is 6.17. The van der Waals surface area contributed by atoms with Crippen LogP contribution in [0.15, 0.2) is 0 Å². The van der Waals surface area contributed by atoms with Crippen LogP contribution in [-0.4, -0.2) is 79.1 Å². The van der Waals surface area contributed by atoms with Crippen LogP contribution in [-0.2, 0) is 0 Å². The molecule has 0 aromatic rings. The van der Waals surface area contributed by atoms with Gasteiger partial charge in [0.25, 0.3) is 0 Å². The second kappa shape index (κ2) is 5.45. The highest BCUT2D eigenvalue weighted by atomic mass is 15.3. The summed E-state index contributed by atoms with van der Waals surface area (Å²) in [6, 6.07) is 1.26. The molecule has 4 heteroatoms. The van der Waals surface area contributed by atoms with Crippen LogP contribution >= 0.6 is 0 Å². The maximum Gasteiger partial charge on any atom is 0.0460 e. The number of piperazine rings is 1. The molecule has 2 aliphatic rings. The summed E-state index contributed by atoms with van der Waals surface area (Å²) in [5.41, 5.74) is 6.39. The molecule has 3 atom stereocenters. The molecule has 0 saturated carbocycles. The Bertz CT molecular complexity index is 271.